The van der Waals surface area contributed by atoms with Gasteiger partial charge in [-0.2, -0.15) is 0 Å². The van der Waals surface area contributed by atoms with Crippen LogP contribution in [0.5, 0.6) is 11.5 Å². The minimum absolute atomic E-state index is 0.191. The Morgan fingerprint density at radius 1 is 1.07 bits per heavy atom. The van der Waals surface area contributed by atoms with Crippen molar-refractivity contribution in [2.24, 2.45) is 4.99 Å². The highest BCUT2D eigenvalue weighted by atomic mass is 79.9. The molecule has 0 fully saturated rings. The summed E-state index contributed by atoms with van der Waals surface area (Å²) in [4.78, 5) is 32.7. The van der Waals surface area contributed by atoms with Crippen LogP contribution in [0.25, 0.3) is 11.8 Å². The number of benzene rings is 2. The van der Waals surface area contributed by atoms with Crippen molar-refractivity contribution in [3.8, 4) is 17.2 Å². The highest BCUT2D eigenvalue weighted by molar-refractivity contribution is 9.10. The van der Waals surface area contributed by atoms with E-state index in [0.29, 0.717) is 42.1 Å². The van der Waals surface area contributed by atoms with E-state index in [1.165, 1.54) is 16.9 Å². The molecule has 0 N–H and O–H groups in total. The van der Waals surface area contributed by atoms with Gasteiger partial charge in [-0.3, -0.25) is 9.36 Å². The summed E-state index contributed by atoms with van der Waals surface area (Å²) in [5.74, 6) is 0.462. The van der Waals surface area contributed by atoms with Crippen LogP contribution >= 0.6 is 27.3 Å². The van der Waals surface area contributed by atoms with Gasteiger partial charge in [0.25, 0.3) is 5.56 Å². The predicted octanol–water partition coefficient (Wildman–Crippen LogP) is 5.29. The molecule has 1 atom stereocenters. The van der Waals surface area contributed by atoms with Crippen LogP contribution in [0.15, 0.2) is 68.0 Å². The van der Waals surface area contributed by atoms with Crippen molar-refractivity contribution >= 4 is 39.3 Å². The number of esters is 1. The van der Waals surface area contributed by atoms with Crippen molar-refractivity contribution in [2.75, 3.05) is 20.8 Å². The average Bonchev–Trinajstić information content (AvgIpc) is 3.41. The first-order chi connectivity index (χ1) is 20.1. The SMILES string of the molecule is CCOC(=O)C1=C(C)N=c2s/c(=C/c3cc(C)n(-c4cccc(C)c4)c3C)c(=O)n2[C@H]1c1cc(OC)c(OC)cc1Br. The van der Waals surface area contributed by atoms with Crippen molar-refractivity contribution in [3.63, 3.8) is 0 Å². The van der Waals surface area contributed by atoms with Crippen LogP contribution in [-0.4, -0.2) is 35.9 Å². The Kier molecular flexibility index (Phi) is 8.30. The molecule has 0 amide bonds. The Hall–Kier alpha value is -3.89. The fourth-order valence-corrected chi connectivity index (χ4v) is 6.98. The van der Waals surface area contributed by atoms with E-state index in [1.807, 2.05) is 19.1 Å². The molecule has 0 radical (unpaired) electrons. The van der Waals surface area contributed by atoms with Crippen molar-refractivity contribution < 1.29 is 19.0 Å². The van der Waals surface area contributed by atoms with Crippen molar-refractivity contribution in [1.82, 2.24) is 9.13 Å². The number of carbonyl (C=O) groups is 1. The van der Waals surface area contributed by atoms with E-state index in [-0.39, 0.29) is 12.2 Å². The van der Waals surface area contributed by atoms with Crippen LogP contribution in [0, 0.1) is 20.8 Å². The standard InChI is InChI=1S/C32H32BrN3O5S/c1-8-41-31(38)28-19(4)34-32-36(29(28)23-15-25(39-6)26(40-7)16-24(23)33)30(37)27(42-32)14-21-13-18(3)35(20(21)5)22-11-9-10-17(2)12-22/h9-16,29H,8H2,1-7H3/b27-14+/t29-/m0/s1. The Labute approximate surface area is 256 Å². The first kappa shape index (κ1) is 29.6. The van der Waals surface area contributed by atoms with Gasteiger partial charge in [0.15, 0.2) is 16.3 Å². The molecule has 0 saturated carbocycles. The van der Waals surface area contributed by atoms with Gasteiger partial charge < -0.3 is 18.8 Å². The molecule has 1 aliphatic heterocycles. The zero-order valence-corrected chi connectivity index (χ0v) is 27.0. The van der Waals surface area contributed by atoms with E-state index >= 15 is 0 Å². The van der Waals surface area contributed by atoms with Gasteiger partial charge in [0.1, 0.15) is 0 Å². The summed E-state index contributed by atoms with van der Waals surface area (Å²) in [6.45, 7) is 9.87. The van der Waals surface area contributed by atoms with Crippen LogP contribution in [0.2, 0.25) is 0 Å². The van der Waals surface area contributed by atoms with Gasteiger partial charge in [-0.25, -0.2) is 9.79 Å². The molecule has 0 spiro atoms. The molecule has 218 valence electrons. The Bertz CT molecular complexity index is 1930. The zero-order chi connectivity index (χ0) is 30.3. The number of aromatic nitrogens is 2. The Morgan fingerprint density at radius 3 is 2.45 bits per heavy atom. The molecular weight excluding hydrogens is 618 g/mol. The molecule has 1 aliphatic rings. The molecule has 0 unspecified atom stereocenters. The number of thiazole rings is 1. The maximum atomic E-state index is 14.2. The fraction of sp³-hybridized carbons (Fsp3) is 0.281. The van der Waals surface area contributed by atoms with Crippen molar-refractivity contribution in [2.45, 2.75) is 40.7 Å². The number of halogens is 1. The smallest absolute Gasteiger partial charge is 0.338 e. The van der Waals surface area contributed by atoms with Crippen LogP contribution in [0.4, 0.5) is 0 Å². The molecular formula is C32H32BrN3O5S. The normalized spacial score (nSPS) is 15.0. The molecule has 2 aromatic carbocycles. The van der Waals surface area contributed by atoms with Gasteiger partial charge in [-0.1, -0.05) is 39.4 Å². The summed E-state index contributed by atoms with van der Waals surface area (Å²) in [6.07, 6.45) is 1.91. The molecule has 5 rings (SSSR count). The van der Waals surface area contributed by atoms with Gasteiger partial charge in [0.2, 0.25) is 0 Å². The lowest BCUT2D eigenvalue weighted by molar-refractivity contribution is -0.139. The van der Waals surface area contributed by atoms with Crippen LogP contribution < -0.4 is 24.4 Å². The summed E-state index contributed by atoms with van der Waals surface area (Å²) < 4.78 is 21.4. The summed E-state index contributed by atoms with van der Waals surface area (Å²) in [5, 5.41) is 0. The first-order valence-corrected chi connectivity index (χ1v) is 15.1. The number of hydrogen-bond acceptors (Lipinski definition) is 7. The van der Waals surface area contributed by atoms with Crippen LogP contribution in [0.1, 0.15) is 48.0 Å². The van der Waals surface area contributed by atoms with E-state index in [9.17, 15) is 9.59 Å². The van der Waals surface area contributed by atoms with E-state index in [0.717, 1.165) is 22.6 Å². The third-order valence-corrected chi connectivity index (χ3v) is 9.00. The van der Waals surface area contributed by atoms with E-state index < -0.39 is 12.0 Å². The summed E-state index contributed by atoms with van der Waals surface area (Å²) in [5.41, 5.74) is 6.44. The summed E-state index contributed by atoms with van der Waals surface area (Å²) in [7, 11) is 3.10. The zero-order valence-electron chi connectivity index (χ0n) is 24.6. The van der Waals surface area contributed by atoms with Crippen molar-refractivity contribution in [3.05, 3.63) is 106 Å². The van der Waals surface area contributed by atoms with E-state index in [4.69, 9.17) is 19.2 Å². The second-order valence-electron chi connectivity index (χ2n) is 10.0. The number of carbonyl (C=O) groups excluding carboxylic acids is 1. The predicted molar refractivity (Wildman–Crippen MR) is 168 cm³/mol. The number of hydrogen-bond donors (Lipinski definition) is 0. The number of nitrogens with zero attached hydrogens (tertiary/aromatic N) is 3. The maximum Gasteiger partial charge on any atom is 0.338 e. The summed E-state index contributed by atoms with van der Waals surface area (Å²) >= 11 is 4.94. The lowest BCUT2D eigenvalue weighted by atomic mass is 9.95. The highest BCUT2D eigenvalue weighted by Gasteiger charge is 2.35. The van der Waals surface area contributed by atoms with Crippen LogP contribution in [-0.2, 0) is 9.53 Å². The number of allylic oxidation sites excluding steroid dienone is 1. The number of ether oxygens (including phenoxy) is 3. The number of rotatable bonds is 7. The number of methoxy groups -OCH3 is 2. The average molecular weight is 651 g/mol. The maximum absolute atomic E-state index is 14.2. The van der Waals surface area contributed by atoms with E-state index in [1.54, 1.807) is 44.8 Å². The number of aryl methyl sites for hydroxylation is 2. The third kappa shape index (κ3) is 5.13. The molecule has 2 aromatic heterocycles. The Morgan fingerprint density at radius 2 is 1.79 bits per heavy atom. The van der Waals surface area contributed by atoms with Crippen LogP contribution in [0.3, 0.4) is 0 Å². The quantitative estimate of drug-likeness (QED) is 0.254. The topological polar surface area (TPSA) is 84.1 Å². The molecule has 42 heavy (non-hydrogen) atoms. The van der Waals surface area contributed by atoms with E-state index in [2.05, 4.69) is 58.6 Å². The van der Waals surface area contributed by atoms with Gasteiger partial charge >= 0.3 is 5.97 Å². The lowest BCUT2D eigenvalue weighted by Crippen LogP contribution is -2.40. The second kappa shape index (κ2) is 11.8. The molecule has 0 bridgehead atoms. The minimum atomic E-state index is -0.795. The van der Waals surface area contributed by atoms with Gasteiger partial charge in [-0.05, 0) is 87.7 Å². The highest BCUT2D eigenvalue weighted by Crippen LogP contribution is 2.40. The minimum Gasteiger partial charge on any atom is -0.493 e. The molecule has 0 aliphatic carbocycles. The van der Waals surface area contributed by atoms with Gasteiger partial charge in [-0.15, -0.1) is 0 Å². The fourth-order valence-electron chi connectivity index (χ4n) is 5.40. The molecule has 10 heteroatoms. The van der Waals surface area contributed by atoms with Gasteiger partial charge in [0, 0.05) is 21.5 Å². The molecule has 0 saturated heterocycles. The molecule has 3 heterocycles. The monoisotopic (exact) mass is 649 g/mol. The van der Waals surface area contributed by atoms with Gasteiger partial charge in [0.05, 0.1) is 42.7 Å². The molecule has 8 nitrogen and oxygen atoms in total. The third-order valence-electron chi connectivity index (χ3n) is 7.33. The number of fused-ring (bicyclic) bond motifs is 1. The summed E-state index contributed by atoms with van der Waals surface area (Å²) in [6, 6.07) is 13.1. The second-order valence-corrected chi connectivity index (χ2v) is 11.9. The first-order valence-electron chi connectivity index (χ1n) is 13.5. The molecule has 4 aromatic rings. The lowest BCUT2D eigenvalue weighted by Gasteiger charge is -2.26. The Balaban J connectivity index is 1.74. The van der Waals surface area contributed by atoms with Crippen molar-refractivity contribution in [1.29, 1.82) is 0 Å². The largest absolute Gasteiger partial charge is 0.493 e.